The molecule has 0 radical (unpaired) electrons. The SMILES string of the molecule is NC1(COc2cc3ncnc(Nc4ccc(F)c(Cl)c4)c3cc2NC(=O)/C(F)=C/CN2CC[C@@H](OCCO)C2)CC1. The zero-order valence-corrected chi connectivity index (χ0v) is 23.0. The summed E-state index contributed by atoms with van der Waals surface area (Å²) in [7, 11) is 0. The van der Waals surface area contributed by atoms with E-state index in [2.05, 4.69) is 20.6 Å². The molecular formula is C28H31ClF2N6O4. The van der Waals surface area contributed by atoms with Gasteiger partial charge in [-0.25, -0.2) is 18.7 Å². The second kappa shape index (κ2) is 12.6. The van der Waals surface area contributed by atoms with Crippen LogP contribution < -0.4 is 21.1 Å². The predicted octanol–water partition coefficient (Wildman–Crippen LogP) is 3.91. The fraction of sp³-hybridized carbons (Fsp3) is 0.393. The highest BCUT2D eigenvalue weighted by Gasteiger charge is 2.39. The van der Waals surface area contributed by atoms with E-state index in [-0.39, 0.29) is 48.9 Å². The van der Waals surface area contributed by atoms with Gasteiger partial charge < -0.3 is 30.9 Å². The van der Waals surface area contributed by atoms with Crippen LogP contribution in [0.5, 0.6) is 5.75 Å². The first-order chi connectivity index (χ1) is 19.7. The molecule has 0 bridgehead atoms. The number of hydrogen-bond acceptors (Lipinski definition) is 9. The Labute approximate surface area is 240 Å². The van der Waals surface area contributed by atoms with E-state index in [1.807, 2.05) is 4.90 Å². The maximum absolute atomic E-state index is 14.9. The molecule has 1 saturated heterocycles. The van der Waals surface area contributed by atoms with Crippen LogP contribution in [0.15, 0.2) is 48.6 Å². The number of fused-ring (bicyclic) bond motifs is 1. The standard InChI is InChI=1S/C28H31ClF2N6O4/c29-20-11-17(1-2-21(20)30)35-26-19-12-24(25(13-23(19)33-16-34-26)41-15-28(32)5-6-28)36-27(39)22(31)4-8-37-7-3-18(14-37)40-10-9-38/h1-2,4,11-13,16,18,38H,3,5-10,14-15,32H2,(H,36,39)(H,33,34,35)/b22-4-/t18-/m1/s1. The Balaban J connectivity index is 1.36. The summed E-state index contributed by atoms with van der Waals surface area (Å²) >= 11 is 5.92. The number of rotatable bonds is 12. The minimum atomic E-state index is -0.947. The fourth-order valence-electron chi connectivity index (χ4n) is 4.44. The first-order valence-electron chi connectivity index (χ1n) is 13.3. The molecule has 2 aromatic carbocycles. The van der Waals surface area contributed by atoms with Crippen LogP contribution >= 0.6 is 11.6 Å². The highest BCUT2D eigenvalue weighted by Crippen LogP contribution is 2.37. The third kappa shape index (κ3) is 7.46. The van der Waals surface area contributed by atoms with Gasteiger partial charge >= 0.3 is 0 Å². The minimum Gasteiger partial charge on any atom is -0.489 e. The average Bonchev–Trinajstić information content (AvgIpc) is 3.52. The molecule has 3 aromatic rings. The number of aromatic nitrogens is 2. The van der Waals surface area contributed by atoms with E-state index in [0.717, 1.165) is 19.3 Å². The molecular weight excluding hydrogens is 558 g/mol. The predicted molar refractivity (Wildman–Crippen MR) is 152 cm³/mol. The number of aliphatic hydroxyl groups is 1. The van der Waals surface area contributed by atoms with Crippen molar-refractivity contribution in [2.75, 3.05) is 50.1 Å². The molecule has 1 amide bonds. The summed E-state index contributed by atoms with van der Waals surface area (Å²) in [6.07, 6.45) is 4.95. The van der Waals surface area contributed by atoms with E-state index in [9.17, 15) is 13.6 Å². The Morgan fingerprint density at radius 2 is 2.12 bits per heavy atom. The molecule has 0 unspecified atom stereocenters. The normalized spacial score (nSPS) is 18.5. The van der Waals surface area contributed by atoms with Crippen molar-refractivity contribution < 1.29 is 28.2 Å². The van der Waals surface area contributed by atoms with Gasteiger partial charge in [-0.1, -0.05) is 11.6 Å². The first-order valence-corrected chi connectivity index (χ1v) is 13.7. The fourth-order valence-corrected chi connectivity index (χ4v) is 4.62. The number of anilines is 3. The number of nitrogens with zero attached hydrogens (tertiary/aromatic N) is 3. The van der Waals surface area contributed by atoms with Gasteiger partial charge in [0.15, 0.2) is 5.83 Å². The van der Waals surface area contributed by atoms with Crippen molar-refractivity contribution >= 4 is 45.6 Å². The zero-order valence-electron chi connectivity index (χ0n) is 22.2. The maximum Gasteiger partial charge on any atom is 0.284 e. The molecule has 41 heavy (non-hydrogen) atoms. The summed E-state index contributed by atoms with van der Waals surface area (Å²) in [6, 6.07) is 7.37. The van der Waals surface area contributed by atoms with Crippen molar-refractivity contribution in [1.82, 2.24) is 14.9 Å². The number of carbonyl (C=O) groups is 1. The number of ether oxygens (including phenoxy) is 2. The molecule has 1 saturated carbocycles. The number of likely N-dealkylation sites (tertiary alicyclic amines) is 1. The number of carbonyl (C=O) groups excluding carboxylic acids is 1. The summed E-state index contributed by atoms with van der Waals surface area (Å²) in [5.74, 6) is -1.79. The molecule has 1 atom stereocenters. The van der Waals surface area contributed by atoms with Crippen LogP contribution in [-0.2, 0) is 9.53 Å². The van der Waals surface area contributed by atoms with Crippen LogP contribution in [0.4, 0.5) is 26.0 Å². The van der Waals surface area contributed by atoms with Crippen molar-refractivity contribution in [3.8, 4) is 5.75 Å². The third-order valence-corrected chi connectivity index (χ3v) is 7.28. The van der Waals surface area contributed by atoms with Crippen LogP contribution in [0.1, 0.15) is 19.3 Å². The third-order valence-electron chi connectivity index (χ3n) is 6.99. The number of aliphatic hydroxyl groups excluding tert-OH is 1. The molecule has 10 nitrogen and oxygen atoms in total. The number of benzene rings is 2. The van der Waals surface area contributed by atoms with E-state index in [1.54, 1.807) is 12.1 Å². The summed E-state index contributed by atoms with van der Waals surface area (Å²) in [6.45, 7) is 1.94. The zero-order chi connectivity index (χ0) is 29.0. The lowest BCUT2D eigenvalue weighted by molar-refractivity contribution is -0.114. The van der Waals surface area contributed by atoms with Crippen LogP contribution in [-0.4, -0.2) is 77.0 Å². The molecule has 1 aliphatic carbocycles. The summed E-state index contributed by atoms with van der Waals surface area (Å²) in [5.41, 5.74) is 6.95. The van der Waals surface area contributed by atoms with Gasteiger partial charge in [-0.3, -0.25) is 9.69 Å². The second-order valence-corrected chi connectivity index (χ2v) is 10.7. The lowest BCUT2D eigenvalue weighted by Gasteiger charge is -2.17. The van der Waals surface area contributed by atoms with Gasteiger partial charge in [0.25, 0.3) is 5.91 Å². The smallest absolute Gasteiger partial charge is 0.284 e. The molecule has 13 heteroatoms. The Hall–Kier alpha value is -3.42. The van der Waals surface area contributed by atoms with Gasteiger partial charge in [0.1, 0.15) is 30.3 Å². The summed E-state index contributed by atoms with van der Waals surface area (Å²) < 4.78 is 40.1. The largest absolute Gasteiger partial charge is 0.489 e. The quantitative estimate of drug-likeness (QED) is 0.232. The van der Waals surface area contributed by atoms with E-state index in [4.69, 9.17) is 31.9 Å². The first kappa shape index (κ1) is 29.1. The number of nitrogens with one attached hydrogen (secondary N) is 2. The van der Waals surface area contributed by atoms with Crippen molar-refractivity contribution in [3.05, 3.63) is 59.4 Å². The minimum absolute atomic E-state index is 0.0296. The van der Waals surface area contributed by atoms with E-state index >= 15 is 0 Å². The van der Waals surface area contributed by atoms with Crippen LogP contribution in [0.2, 0.25) is 5.02 Å². The Bertz CT molecular complexity index is 1450. The molecule has 1 aliphatic heterocycles. The number of hydrogen-bond donors (Lipinski definition) is 4. The average molecular weight is 589 g/mol. The molecule has 2 heterocycles. The number of halogens is 3. The van der Waals surface area contributed by atoms with Gasteiger partial charge in [-0.2, -0.15) is 0 Å². The second-order valence-electron chi connectivity index (χ2n) is 10.3. The van der Waals surface area contributed by atoms with Gasteiger partial charge in [-0.05, 0) is 49.6 Å². The van der Waals surface area contributed by atoms with Crippen molar-refractivity contribution in [3.63, 3.8) is 0 Å². The van der Waals surface area contributed by atoms with Gasteiger partial charge in [0.2, 0.25) is 0 Å². The summed E-state index contributed by atoms with van der Waals surface area (Å²) in [4.78, 5) is 23.4. The lowest BCUT2D eigenvalue weighted by Crippen LogP contribution is -2.30. The van der Waals surface area contributed by atoms with E-state index in [0.29, 0.717) is 35.5 Å². The van der Waals surface area contributed by atoms with Crippen molar-refractivity contribution in [1.29, 1.82) is 0 Å². The van der Waals surface area contributed by atoms with Crippen LogP contribution in [0.25, 0.3) is 10.9 Å². The monoisotopic (exact) mass is 588 g/mol. The lowest BCUT2D eigenvalue weighted by atomic mass is 10.1. The van der Waals surface area contributed by atoms with Crippen LogP contribution in [0.3, 0.4) is 0 Å². The molecule has 2 aliphatic rings. The Kier molecular flexibility index (Phi) is 8.95. The van der Waals surface area contributed by atoms with Gasteiger partial charge in [0, 0.05) is 36.8 Å². The highest BCUT2D eigenvalue weighted by atomic mass is 35.5. The van der Waals surface area contributed by atoms with Crippen molar-refractivity contribution in [2.45, 2.75) is 30.9 Å². The van der Waals surface area contributed by atoms with Crippen molar-refractivity contribution in [2.24, 2.45) is 5.73 Å². The Morgan fingerprint density at radius 1 is 1.29 bits per heavy atom. The number of amides is 1. The van der Waals surface area contributed by atoms with E-state index < -0.39 is 23.1 Å². The summed E-state index contributed by atoms with van der Waals surface area (Å²) in [5, 5.41) is 15.0. The highest BCUT2D eigenvalue weighted by molar-refractivity contribution is 6.31. The molecule has 5 rings (SSSR count). The Morgan fingerprint density at radius 3 is 2.88 bits per heavy atom. The molecule has 0 spiro atoms. The number of nitrogens with two attached hydrogens (primary N) is 1. The molecule has 5 N–H and O–H groups in total. The van der Waals surface area contributed by atoms with Gasteiger partial charge in [0.05, 0.1) is 41.1 Å². The molecule has 218 valence electrons. The maximum atomic E-state index is 14.9. The van der Waals surface area contributed by atoms with Gasteiger partial charge in [-0.15, -0.1) is 0 Å². The van der Waals surface area contributed by atoms with E-state index in [1.165, 1.54) is 30.6 Å². The molecule has 2 fully saturated rings. The molecule has 1 aromatic heterocycles. The topological polar surface area (TPSA) is 135 Å². The van der Waals surface area contributed by atoms with Crippen LogP contribution in [0, 0.1) is 5.82 Å².